The van der Waals surface area contributed by atoms with Crippen LogP contribution < -0.4 is 14.9 Å². The summed E-state index contributed by atoms with van der Waals surface area (Å²) in [6, 6.07) is 16.2. The van der Waals surface area contributed by atoms with Gasteiger partial charge in [0.1, 0.15) is 28.9 Å². The molecule has 1 heterocycles. The zero-order valence-electron chi connectivity index (χ0n) is 15.6. The number of nitrogens with zero attached hydrogens (tertiary/aromatic N) is 1. The number of hydrogen-bond acceptors (Lipinski definition) is 7. The normalized spacial score (nSPS) is 10.6. The lowest BCUT2D eigenvalue weighted by Crippen LogP contribution is -2.11. The fourth-order valence-electron chi connectivity index (χ4n) is 2.84. The summed E-state index contributed by atoms with van der Waals surface area (Å²) in [4.78, 5) is 35.5. The second-order valence-electron chi connectivity index (χ2n) is 6.28. The summed E-state index contributed by atoms with van der Waals surface area (Å²) in [5.74, 6) is -0.623. The van der Waals surface area contributed by atoms with E-state index in [4.69, 9.17) is 25.5 Å². The second kappa shape index (κ2) is 8.29. The predicted molar refractivity (Wildman–Crippen MR) is 112 cm³/mol. The van der Waals surface area contributed by atoms with Crippen molar-refractivity contribution in [1.82, 2.24) is 0 Å². The van der Waals surface area contributed by atoms with Gasteiger partial charge in [0, 0.05) is 12.1 Å². The molecule has 1 aromatic heterocycles. The van der Waals surface area contributed by atoms with Gasteiger partial charge in [-0.25, -0.2) is 4.79 Å². The van der Waals surface area contributed by atoms with E-state index in [0.717, 1.165) is 6.26 Å². The molecular formula is C22H12ClNO7. The summed E-state index contributed by atoms with van der Waals surface area (Å²) in [6.07, 6.45) is 1.13. The molecule has 31 heavy (non-hydrogen) atoms. The molecule has 8 nitrogen and oxygen atoms in total. The molecule has 0 saturated carbocycles. The van der Waals surface area contributed by atoms with Crippen LogP contribution in [0.1, 0.15) is 10.4 Å². The molecule has 4 rings (SSSR count). The first-order valence-corrected chi connectivity index (χ1v) is 9.25. The van der Waals surface area contributed by atoms with Gasteiger partial charge in [-0.05, 0) is 30.3 Å². The van der Waals surface area contributed by atoms with Crippen molar-refractivity contribution in [2.24, 2.45) is 0 Å². The van der Waals surface area contributed by atoms with Crippen molar-refractivity contribution in [3.8, 4) is 17.2 Å². The van der Waals surface area contributed by atoms with Crippen LogP contribution in [-0.4, -0.2) is 10.9 Å². The Hall–Kier alpha value is -4.17. The Bertz CT molecular complexity index is 1380. The van der Waals surface area contributed by atoms with Crippen molar-refractivity contribution >= 4 is 34.2 Å². The fraction of sp³-hybridized carbons (Fsp3) is 0. The van der Waals surface area contributed by atoms with Gasteiger partial charge in [0.25, 0.3) is 5.69 Å². The highest BCUT2D eigenvalue weighted by Crippen LogP contribution is 2.29. The summed E-state index contributed by atoms with van der Waals surface area (Å²) in [5.41, 5.74) is -0.874. The number of para-hydroxylation sites is 2. The average Bonchev–Trinajstić information content (AvgIpc) is 2.77. The van der Waals surface area contributed by atoms with Gasteiger partial charge in [-0.3, -0.25) is 14.9 Å². The van der Waals surface area contributed by atoms with Crippen LogP contribution in [0.2, 0.25) is 5.02 Å². The number of esters is 1. The molecule has 0 N–H and O–H groups in total. The van der Waals surface area contributed by atoms with E-state index in [1.807, 2.05) is 0 Å². The van der Waals surface area contributed by atoms with Crippen molar-refractivity contribution in [1.29, 1.82) is 0 Å². The Kier molecular flexibility index (Phi) is 5.38. The molecule has 4 aromatic rings. The number of carbonyl (C=O) groups is 1. The van der Waals surface area contributed by atoms with E-state index in [2.05, 4.69) is 0 Å². The van der Waals surface area contributed by atoms with E-state index in [1.54, 1.807) is 24.3 Å². The lowest BCUT2D eigenvalue weighted by molar-refractivity contribution is -0.385. The molecule has 0 aliphatic heterocycles. The minimum absolute atomic E-state index is 0.0542. The van der Waals surface area contributed by atoms with Crippen LogP contribution in [0, 0.1) is 10.1 Å². The zero-order chi connectivity index (χ0) is 22.0. The molecule has 0 radical (unpaired) electrons. The Morgan fingerprint density at radius 1 is 1.00 bits per heavy atom. The summed E-state index contributed by atoms with van der Waals surface area (Å²) >= 11 is 6.05. The van der Waals surface area contributed by atoms with E-state index >= 15 is 0 Å². The van der Waals surface area contributed by atoms with Crippen LogP contribution >= 0.6 is 11.6 Å². The number of fused-ring (bicyclic) bond motifs is 1. The van der Waals surface area contributed by atoms with Crippen molar-refractivity contribution in [2.75, 3.05) is 0 Å². The molecule has 0 atom stereocenters. The molecule has 0 aliphatic carbocycles. The van der Waals surface area contributed by atoms with Crippen LogP contribution in [-0.2, 0) is 0 Å². The van der Waals surface area contributed by atoms with Crippen LogP contribution in [0.15, 0.2) is 82.2 Å². The lowest BCUT2D eigenvalue weighted by Gasteiger charge is -2.08. The summed E-state index contributed by atoms with van der Waals surface area (Å²) in [6.45, 7) is 0. The smallest absolute Gasteiger partial charge is 0.350 e. The van der Waals surface area contributed by atoms with Crippen LogP contribution in [0.4, 0.5) is 5.69 Å². The molecule has 0 saturated heterocycles. The SMILES string of the molecule is O=C(Oc1ccc2c(=O)c(Oc3ccccc3Cl)coc2c1)c1ccccc1[N+](=O)[O-]. The quantitative estimate of drug-likeness (QED) is 0.179. The Morgan fingerprint density at radius 3 is 2.52 bits per heavy atom. The number of nitro groups is 1. The number of hydrogen-bond donors (Lipinski definition) is 0. The number of ether oxygens (including phenoxy) is 2. The highest BCUT2D eigenvalue weighted by molar-refractivity contribution is 6.32. The second-order valence-corrected chi connectivity index (χ2v) is 6.69. The largest absolute Gasteiger partial charge is 0.460 e. The van der Waals surface area contributed by atoms with E-state index in [9.17, 15) is 19.7 Å². The minimum Gasteiger partial charge on any atom is -0.460 e. The first kappa shape index (κ1) is 20.1. The zero-order valence-corrected chi connectivity index (χ0v) is 16.4. The highest BCUT2D eigenvalue weighted by Gasteiger charge is 2.21. The molecule has 0 fully saturated rings. The van der Waals surface area contributed by atoms with Crippen LogP contribution in [0.5, 0.6) is 17.2 Å². The minimum atomic E-state index is -0.910. The average molecular weight is 438 g/mol. The van der Waals surface area contributed by atoms with Crippen molar-refractivity contribution in [3.05, 3.63) is 104 Å². The van der Waals surface area contributed by atoms with Crippen LogP contribution in [0.3, 0.4) is 0 Å². The molecule has 3 aromatic carbocycles. The molecular weight excluding hydrogens is 426 g/mol. The van der Waals surface area contributed by atoms with E-state index < -0.39 is 16.3 Å². The molecule has 0 unspecified atom stereocenters. The number of halogens is 1. The molecule has 9 heteroatoms. The molecule has 0 bridgehead atoms. The first-order chi connectivity index (χ1) is 14.9. The van der Waals surface area contributed by atoms with Gasteiger partial charge in [-0.2, -0.15) is 0 Å². The van der Waals surface area contributed by atoms with Crippen molar-refractivity contribution in [2.45, 2.75) is 0 Å². The van der Waals surface area contributed by atoms with Gasteiger partial charge < -0.3 is 13.9 Å². The molecule has 0 amide bonds. The summed E-state index contributed by atoms with van der Waals surface area (Å²) in [5, 5.41) is 11.6. The molecule has 154 valence electrons. The van der Waals surface area contributed by atoms with E-state index in [0.29, 0.717) is 10.8 Å². The van der Waals surface area contributed by atoms with Gasteiger partial charge in [0.15, 0.2) is 0 Å². The Morgan fingerprint density at radius 2 is 1.74 bits per heavy atom. The lowest BCUT2D eigenvalue weighted by atomic mass is 10.2. The predicted octanol–water partition coefficient (Wildman–Crippen LogP) is 5.37. The third-order valence-electron chi connectivity index (χ3n) is 4.30. The van der Waals surface area contributed by atoms with Gasteiger partial charge in [-0.15, -0.1) is 0 Å². The standard InChI is InChI=1S/C22H12ClNO7/c23-16-6-2-4-8-18(16)31-20-12-29-19-11-13(9-10-15(19)21(20)25)30-22(26)14-5-1-3-7-17(14)24(27)28/h1-12H. The van der Waals surface area contributed by atoms with E-state index in [-0.39, 0.29) is 33.7 Å². The number of benzene rings is 3. The topological polar surface area (TPSA) is 109 Å². The van der Waals surface area contributed by atoms with Crippen molar-refractivity contribution < 1.29 is 23.6 Å². The first-order valence-electron chi connectivity index (χ1n) is 8.87. The van der Waals surface area contributed by atoms with Gasteiger partial charge in [0.2, 0.25) is 11.2 Å². The highest BCUT2D eigenvalue weighted by atomic mass is 35.5. The van der Waals surface area contributed by atoms with E-state index in [1.165, 1.54) is 42.5 Å². The Balaban J connectivity index is 1.62. The third-order valence-corrected chi connectivity index (χ3v) is 4.61. The molecule has 0 spiro atoms. The van der Waals surface area contributed by atoms with Gasteiger partial charge in [0.05, 0.1) is 15.3 Å². The van der Waals surface area contributed by atoms with Gasteiger partial charge in [-0.1, -0.05) is 35.9 Å². The number of nitro benzene ring substituents is 1. The van der Waals surface area contributed by atoms with Gasteiger partial charge >= 0.3 is 5.97 Å². The maximum Gasteiger partial charge on any atom is 0.350 e. The monoisotopic (exact) mass is 437 g/mol. The van der Waals surface area contributed by atoms with Crippen molar-refractivity contribution in [3.63, 3.8) is 0 Å². The number of rotatable bonds is 5. The number of carbonyl (C=O) groups excluding carboxylic acids is 1. The summed E-state index contributed by atoms with van der Waals surface area (Å²) < 4.78 is 16.2. The summed E-state index contributed by atoms with van der Waals surface area (Å²) in [7, 11) is 0. The maximum atomic E-state index is 12.7. The Labute approximate surface area is 179 Å². The van der Waals surface area contributed by atoms with Crippen LogP contribution in [0.25, 0.3) is 11.0 Å². The maximum absolute atomic E-state index is 12.7. The fourth-order valence-corrected chi connectivity index (χ4v) is 3.01. The third kappa shape index (κ3) is 4.10. The molecule has 0 aliphatic rings.